The minimum atomic E-state index is -7.68. The summed E-state index contributed by atoms with van der Waals surface area (Å²) < 4.78 is 139. The van der Waals surface area contributed by atoms with Crippen molar-refractivity contribution in [3.8, 4) is 0 Å². The molecule has 104 valence electrons. The lowest BCUT2D eigenvalue weighted by molar-refractivity contribution is -1.32. The van der Waals surface area contributed by atoms with Gasteiger partial charge in [0.05, 0.1) is 13.4 Å². The summed E-state index contributed by atoms with van der Waals surface area (Å²) in [5.74, 6) is -15.2. The van der Waals surface area contributed by atoms with Gasteiger partial charge in [0.2, 0.25) is 0 Å². The molecule has 0 aliphatic carbocycles. The molecular weight excluding hydrogens is 290 g/mol. The largest absolute Gasteiger partial charge is 0.576 e. The van der Waals surface area contributed by atoms with Crippen molar-refractivity contribution in [1.82, 2.24) is 0 Å². The van der Waals surface area contributed by atoms with Gasteiger partial charge >= 0.3 is 29.2 Å². The Morgan fingerprint density at radius 3 is 1.00 bits per heavy atom. The van der Waals surface area contributed by atoms with E-state index < -0.39 is 29.2 Å². The number of nitrogens with zero attached hydrogens (tertiary/aromatic N) is 1. The van der Waals surface area contributed by atoms with E-state index >= 15 is 0 Å². The van der Waals surface area contributed by atoms with Crippen LogP contribution < -0.4 is 0 Å². The lowest BCUT2D eigenvalue weighted by Crippen LogP contribution is -2.66. The highest BCUT2D eigenvalue weighted by atomic mass is 19.6. The Kier molecular flexibility index (Phi) is 3.37. The number of quaternary nitrogens is 1. The van der Waals surface area contributed by atoms with E-state index in [0.717, 1.165) is 0 Å². The maximum Gasteiger partial charge on any atom is 0.576 e. The number of rotatable bonds is 3. The molecule has 0 aromatic heterocycles. The van der Waals surface area contributed by atoms with E-state index in [1.54, 1.807) is 0 Å². The summed E-state index contributed by atoms with van der Waals surface area (Å²) in [6.45, 7) is 0. The number of alkyl halides is 9. The van der Waals surface area contributed by atoms with Gasteiger partial charge in [-0.05, 0) is 0 Å². The summed E-state index contributed by atoms with van der Waals surface area (Å²) >= 11 is 0. The molecule has 0 aromatic carbocycles. The third-order valence-electron chi connectivity index (χ3n) is 1.45. The first kappa shape index (κ1) is 16.1. The van der Waals surface area contributed by atoms with Crippen LogP contribution in [0.2, 0.25) is 0 Å². The van der Waals surface area contributed by atoms with Crippen LogP contribution >= 0.6 is 0 Å². The summed E-state index contributed by atoms with van der Waals surface area (Å²) in [6.07, 6.45) is -7.27. The van der Waals surface area contributed by atoms with Crippen molar-refractivity contribution in [3.63, 3.8) is 0 Å². The monoisotopic (exact) mass is 290 g/mol. The molecule has 0 aliphatic rings. The van der Waals surface area contributed by atoms with Crippen LogP contribution in [0.25, 0.3) is 0 Å². The molecule has 0 radical (unpaired) electrons. The summed E-state index contributed by atoms with van der Waals surface area (Å²) in [5.41, 5.74) is 0. The van der Waals surface area contributed by atoms with Gasteiger partial charge < -0.3 is 0 Å². The van der Waals surface area contributed by atoms with E-state index in [2.05, 4.69) is 0 Å². The highest BCUT2D eigenvalue weighted by Gasteiger charge is 2.92. The molecule has 0 N–H and O–H groups in total. The van der Waals surface area contributed by atoms with Gasteiger partial charge in [0, 0.05) is 0 Å². The van der Waals surface area contributed by atoms with Crippen molar-refractivity contribution in [1.29, 1.82) is 0 Å². The second-order valence-corrected chi connectivity index (χ2v) is 2.63. The Bertz CT molecular complexity index is 254. The lowest BCUT2D eigenvalue weighted by Gasteiger charge is -2.30. The first-order valence-corrected chi connectivity index (χ1v) is 3.18. The Morgan fingerprint density at radius 1 is 0.529 bits per heavy atom. The van der Waals surface area contributed by atoms with Gasteiger partial charge in [-0.15, -0.1) is 8.78 Å². The highest BCUT2D eigenvalue weighted by molar-refractivity contribution is 4.95. The predicted molar refractivity (Wildman–Crippen MR) is 24.5 cm³/mol. The van der Waals surface area contributed by atoms with Crippen LogP contribution in [0.4, 0.5) is 53.0 Å². The minimum Gasteiger partial charge on any atom is -0.189 e. The quantitative estimate of drug-likeness (QED) is 0.420. The first-order valence-electron chi connectivity index (χ1n) is 3.18. The van der Waals surface area contributed by atoms with Crippen molar-refractivity contribution in [2.75, 3.05) is 0 Å². The Balaban J connectivity index is 5.73. The summed E-state index contributed by atoms with van der Waals surface area (Å²) in [6, 6.07) is -7.59. The zero-order valence-electron chi connectivity index (χ0n) is 6.98. The molecule has 0 saturated heterocycles. The van der Waals surface area contributed by atoms with Gasteiger partial charge in [-0.2, -0.15) is 30.7 Å². The van der Waals surface area contributed by atoms with E-state index in [0.29, 0.717) is 0 Å². The van der Waals surface area contributed by atoms with Crippen molar-refractivity contribution in [3.05, 3.63) is 0 Å². The van der Waals surface area contributed by atoms with Gasteiger partial charge in [0.25, 0.3) is 0 Å². The van der Waals surface area contributed by atoms with Crippen molar-refractivity contribution in [2.24, 2.45) is 0 Å². The van der Waals surface area contributed by atoms with Crippen molar-refractivity contribution in [2.45, 2.75) is 24.1 Å². The Labute approximate surface area is 83.6 Å². The maximum atomic E-state index is 12.0. The molecule has 0 rings (SSSR count). The van der Waals surface area contributed by atoms with Crippen LogP contribution in [0.1, 0.15) is 0 Å². The fourth-order valence-corrected chi connectivity index (χ4v) is 0.526. The molecule has 0 unspecified atom stereocenters. The van der Waals surface area contributed by atoms with Gasteiger partial charge in [-0.25, -0.2) is 0 Å². The summed E-state index contributed by atoms with van der Waals surface area (Å²) in [5, 5.41) is -6.58. The van der Waals surface area contributed by atoms with Crippen molar-refractivity contribution < 1.29 is 58.1 Å². The molecule has 0 fully saturated rings. The van der Waals surface area contributed by atoms with Crippen molar-refractivity contribution >= 4 is 0 Å². The van der Waals surface area contributed by atoms with E-state index in [1.807, 2.05) is 0 Å². The van der Waals surface area contributed by atoms with Crippen LogP contribution in [0, 0.1) is 0 Å². The molecule has 13 heteroatoms. The molecule has 0 aromatic rings. The third kappa shape index (κ3) is 2.11. The average Bonchev–Trinajstić information content (AvgIpc) is 1.98. The van der Waals surface area contributed by atoms with Crippen LogP contribution in [0.3, 0.4) is 0 Å². The molecule has 0 spiro atoms. The van der Waals surface area contributed by atoms with Crippen LogP contribution in [0.15, 0.2) is 0 Å². The third-order valence-corrected chi connectivity index (χ3v) is 1.45. The first-order chi connectivity index (χ1) is 7.00. The van der Waals surface area contributed by atoms with Crippen LogP contribution in [-0.2, 0) is 0 Å². The van der Waals surface area contributed by atoms with E-state index in [-0.39, 0.29) is 0 Å². The lowest BCUT2D eigenvalue weighted by atomic mass is 10.1. The molecular formula is C4F12N+. The Hall–Kier alpha value is -0.880. The second-order valence-electron chi connectivity index (χ2n) is 2.63. The summed E-state index contributed by atoms with van der Waals surface area (Å²) in [4.78, 5) is 0. The van der Waals surface area contributed by atoms with Gasteiger partial charge in [0.15, 0.2) is 0 Å². The molecule has 1 nitrogen and oxygen atoms in total. The van der Waals surface area contributed by atoms with Gasteiger partial charge in [-0.1, -0.05) is 0 Å². The molecule has 0 saturated carbocycles. The molecule has 0 bridgehead atoms. The maximum absolute atomic E-state index is 12.0. The van der Waals surface area contributed by atoms with E-state index in [4.69, 9.17) is 0 Å². The SMILES string of the molecule is FC(F)(F)C(F)(F)C(F)(F)C(F)(F)[N+](F)(F)F. The number of hydrogen-bond donors (Lipinski definition) is 0. The highest BCUT2D eigenvalue weighted by Crippen LogP contribution is 2.56. The van der Waals surface area contributed by atoms with E-state index in [1.165, 1.54) is 0 Å². The van der Waals surface area contributed by atoms with Gasteiger partial charge in [-0.3, -0.25) is 0 Å². The summed E-state index contributed by atoms with van der Waals surface area (Å²) in [7, 11) is 0. The van der Waals surface area contributed by atoms with Crippen LogP contribution in [-0.4, -0.2) is 29.2 Å². The smallest absolute Gasteiger partial charge is 0.189 e. The average molecular weight is 290 g/mol. The second kappa shape index (κ2) is 3.55. The Morgan fingerprint density at radius 2 is 0.824 bits per heavy atom. The number of halogens is 12. The van der Waals surface area contributed by atoms with Gasteiger partial charge in [0.1, 0.15) is 0 Å². The topological polar surface area (TPSA) is 0 Å². The number of hydrogen-bond acceptors (Lipinski definition) is 0. The normalized spacial score (nSPS) is 16.2. The van der Waals surface area contributed by atoms with Crippen LogP contribution in [0.5, 0.6) is 0 Å². The standard InChI is InChI=1S/C4F12N/c5-1(6,3(9,10)11)2(7,8)4(12,13)17(14,15)16/q+1. The minimum absolute atomic E-state index is 6.58. The predicted octanol–water partition coefficient (Wildman–Crippen LogP) is 3.88. The molecule has 17 heavy (non-hydrogen) atoms. The molecule has 0 amide bonds. The van der Waals surface area contributed by atoms with E-state index in [9.17, 15) is 53.0 Å². The fourth-order valence-electron chi connectivity index (χ4n) is 0.526. The molecule has 0 aliphatic heterocycles. The molecule has 0 atom stereocenters. The fraction of sp³-hybridized carbons (Fsp3) is 1.00. The zero-order valence-corrected chi connectivity index (χ0v) is 6.98. The molecule has 0 heterocycles. The zero-order chi connectivity index (χ0) is 14.5.